The van der Waals surface area contributed by atoms with E-state index in [-0.39, 0.29) is 0 Å². The highest BCUT2D eigenvalue weighted by molar-refractivity contribution is 7.99. The van der Waals surface area contributed by atoms with Crippen LogP contribution in [0.5, 0.6) is 0 Å². The Morgan fingerprint density at radius 2 is 2.33 bits per heavy atom. The summed E-state index contributed by atoms with van der Waals surface area (Å²) in [5.41, 5.74) is 0. The summed E-state index contributed by atoms with van der Waals surface area (Å²) in [4.78, 5) is 2.46. The number of nitrogens with one attached hydrogen (secondary N) is 1. The van der Waals surface area contributed by atoms with Crippen LogP contribution in [0.3, 0.4) is 0 Å². The van der Waals surface area contributed by atoms with Crippen molar-refractivity contribution in [3.05, 3.63) is 0 Å². The Morgan fingerprint density at radius 3 is 3.00 bits per heavy atom. The molecule has 2 atom stereocenters. The smallest absolute Gasteiger partial charge is 0.00280 e. The van der Waals surface area contributed by atoms with Gasteiger partial charge < -0.3 is 10.2 Å². The molecule has 0 aromatic heterocycles. The second-order valence-electron chi connectivity index (χ2n) is 4.81. The highest BCUT2D eigenvalue weighted by Gasteiger charge is 2.16. The van der Waals surface area contributed by atoms with Crippen molar-refractivity contribution in [1.29, 1.82) is 0 Å². The average Bonchev–Trinajstić information content (AvgIpc) is 2.24. The molecule has 0 amide bonds. The monoisotopic (exact) mass is 230 g/mol. The van der Waals surface area contributed by atoms with Gasteiger partial charge in [0.2, 0.25) is 0 Å². The van der Waals surface area contributed by atoms with Crippen LogP contribution in [-0.4, -0.2) is 49.6 Å². The van der Waals surface area contributed by atoms with Gasteiger partial charge in [-0.25, -0.2) is 0 Å². The molecule has 0 aromatic carbocycles. The molecule has 1 saturated heterocycles. The maximum atomic E-state index is 3.60. The Bertz CT molecular complexity index is 164. The summed E-state index contributed by atoms with van der Waals surface area (Å²) >= 11 is 1.96. The Hall–Kier alpha value is 0.270. The zero-order valence-electron chi connectivity index (χ0n) is 10.5. The van der Waals surface area contributed by atoms with E-state index in [1.165, 1.54) is 45.4 Å². The summed E-state index contributed by atoms with van der Waals surface area (Å²) < 4.78 is 0. The van der Waals surface area contributed by atoms with Gasteiger partial charge in [0.1, 0.15) is 0 Å². The lowest BCUT2D eigenvalue weighted by Gasteiger charge is -2.29. The van der Waals surface area contributed by atoms with Gasteiger partial charge in [-0.15, -0.1) is 0 Å². The summed E-state index contributed by atoms with van der Waals surface area (Å²) in [6.07, 6.45) is 6.28. The fourth-order valence-corrected chi connectivity index (χ4v) is 2.52. The van der Waals surface area contributed by atoms with E-state index < -0.39 is 0 Å². The minimum atomic E-state index is 0.798. The van der Waals surface area contributed by atoms with E-state index in [2.05, 4.69) is 30.4 Å². The topological polar surface area (TPSA) is 15.3 Å². The lowest BCUT2D eigenvalue weighted by molar-refractivity contribution is 0.206. The molecule has 0 aromatic rings. The van der Waals surface area contributed by atoms with Gasteiger partial charge in [-0.05, 0) is 58.1 Å². The van der Waals surface area contributed by atoms with Crippen molar-refractivity contribution >= 4 is 11.8 Å². The van der Waals surface area contributed by atoms with Crippen molar-refractivity contribution < 1.29 is 0 Å². The van der Waals surface area contributed by atoms with E-state index in [4.69, 9.17) is 0 Å². The molecule has 0 saturated carbocycles. The van der Waals surface area contributed by atoms with Gasteiger partial charge in [0.05, 0.1) is 0 Å². The quantitative estimate of drug-likeness (QED) is 0.703. The third-order valence-electron chi connectivity index (χ3n) is 3.29. The molecule has 0 spiro atoms. The third kappa shape index (κ3) is 5.79. The first-order valence-electron chi connectivity index (χ1n) is 6.14. The van der Waals surface area contributed by atoms with Crippen molar-refractivity contribution in [3.63, 3.8) is 0 Å². The van der Waals surface area contributed by atoms with E-state index >= 15 is 0 Å². The molecule has 2 unspecified atom stereocenters. The summed E-state index contributed by atoms with van der Waals surface area (Å²) in [5, 5.41) is 4.40. The number of likely N-dealkylation sites (tertiary alicyclic amines) is 1. The molecule has 1 N–H and O–H groups in total. The minimum Gasteiger partial charge on any atom is -0.316 e. The Balaban J connectivity index is 1.99. The van der Waals surface area contributed by atoms with Crippen LogP contribution in [0.15, 0.2) is 0 Å². The van der Waals surface area contributed by atoms with Gasteiger partial charge in [0.25, 0.3) is 0 Å². The van der Waals surface area contributed by atoms with Crippen LogP contribution >= 0.6 is 11.8 Å². The van der Waals surface area contributed by atoms with Crippen LogP contribution in [0.1, 0.15) is 26.2 Å². The van der Waals surface area contributed by atoms with Crippen LogP contribution in [-0.2, 0) is 0 Å². The number of thioether (sulfide) groups is 1. The predicted molar refractivity (Wildman–Crippen MR) is 70.7 cm³/mol. The molecule has 1 aliphatic rings. The maximum absolute atomic E-state index is 3.60. The zero-order chi connectivity index (χ0) is 11.1. The van der Waals surface area contributed by atoms with Crippen LogP contribution in [0.4, 0.5) is 0 Å². The van der Waals surface area contributed by atoms with Crippen LogP contribution in [0.2, 0.25) is 0 Å². The summed E-state index contributed by atoms with van der Waals surface area (Å²) in [5.74, 6) is 0.883. The molecule has 2 nitrogen and oxygen atoms in total. The van der Waals surface area contributed by atoms with Gasteiger partial charge in [-0.2, -0.15) is 11.8 Å². The van der Waals surface area contributed by atoms with Crippen LogP contribution in [0, 0.1) is 5.92 Å². The van der Waals surface area contributed by atoms with E-state index in [1.807, 2.05) is 11.8 Å². The van der Waals surface area contributed by atoms with E-state index in [1.54, 1.807) is 0 Å². The number of nitrogens with zero attached hydrogens (tertiary/aromatic N) is 1. The molecule has 1 rings (SSSR count). The van der Waals surface area contributed by atoms with Gasteiger partial charge in [0, 0.05) is 11.8 Å². The molecule has 90 valence electrons. The second-order valence-corrected chi connectivity index (χ2v) is 6.09. The lowest BCUT2D eigenvalue weighted by atomic mass is 9.98. The number of rotatable bonds is 6. The number of hydrogen-bond acceptors (Lipinski definition) is 3. The fraction of sp³-hybridized carbons (Fsp3) is 1.00. The second kappa shape index (κ2) is 7.53. The zero-order valence-corrected chi connectivity index (χ0v) is 11.3. The summed E-state index contributed by atoms with van der Waals surface area (Å²) in [6, 6.07) is 0. The first-order valence-corrected chi connectivity index (χ1v) is 7.43. The molecule has 0 bridgehead atoms. The van der Waals surface area contributed by atoms with Gasteiger partial charge in [-0.3, -0.25) is 0 Å². The van der Waals surface area contributed by atoms with E-state index in [9.17, 15) is 0 Å². The maximum Gasteiger partial charge on any atom is 0.00280 e. The lowest BCUT2D eigenvalue weighted by Crippen LogP contribution is -2.37. The summed E-state index contributed by atoms with van der Waals surface area (Å²) in [7, 11) is 2.24. The van der Waals surface area contributed by atoms with Gasteiger partial charge >= 0.3 is 0 Å². The summed E-state index contributed by atoms with van der Waals surface area (Å²) in [6.45, 7) is 7.28. The Kier molecular flexibility index (Phi) is 6.69. The fourth-order valence-electron chi connectivity index (χ4n) is 2.17. The minimum absolute atomic E-state index is 0.798. The van der Waals surface area contributed by atoms with Crippen molar-refractivity contribution in [3.8, 4) is 0 Å². The predicted octanol–water partition coefficient (Wildman–Crippen LogP) is 2.06. The Morgan fingerprint density at radius 1 is 1.53 bits per heavy atom. The van der Waals surface area contributed by atoms with E-state index in [0.717, 1.165) is 11.2 Å². The van der Waals surface area contributed by atoms with Crippen LogP contribution in [0.25, 0.3) is 0 Å². The molecule has 15 heavy (non-hydrogen) atoms. The van der Waals surface area contributed by atoms with E-state index in [0.29, 0.717) is 0 Å². The SMILES string of the molecule is CSC(C)CCNCC1CCCN(C)C1. The van der Waals surface area contributed by atoms with Crippen molar-refractivity contribution in [2.24, 2.45) is 5.92 Å². The van der Waals surface area contributed by atoms with Crippen molar-refractivity contribution in [1.82, 2.24) is 10.2 Å². The average molecular weight is 230 g/mol. The molecule has 3 heteroatoms. The van der Waals surface area contributed by atoms with Crippen molar-refractivity contribution in [2.75, 3.05) is 39.5 Å². The first-order chi connectivity index (χ1) is 7.22. The first kappa shape index (κ1) is 13.3. The molecular weight excluding hydrogens is 204 g/mol. The van der Waals surface area contributed by atoms with Gasteiger partial charge in [-0.1, -0.05) is 6.92 Å². The molecule has 1 heterocycles. The molecule has 1 aliphatic heterocycles. The molecule has 1 fully saturated rings. The van der Waals surface area contributed by atoms with Crippen LogP contribution < -0.4 is 5.32 Å². The molecular formula is C12H26N2S. The third-order valence-corrected chi connectivity index (χ3v) is 4.33. The number of piperidine rings is 1. The van der Waals surface area contributed by atoms with Gasteiger partial charge in [0.15, 0.2) is 0 Å². The highest BCUT2D eigenvalue weighted by atomic mass is 32.2. The normalized spacial score (nSPS) is 25.4. The number of hydrogen-bond donors (Lipinski definition) is 1. The van der Waals surface area contributed by atoms with Crippen molar-refractivity contribution in [2.45, 2.75) is 31.4 Å². The standard InChI is InChI=1S/C12H26N2S/c1-11(15-3)6-7-13-9-12-5-4-8-14(2)10-12/h11-13H,4-10H2,1-3H3. The largest absolute Gasteiger partial charge is 0.316 e. The molecule has 0 aliphatic carbocycles. The Labute approximate surface area is 99.2 Å². The highest BCUT2D eigenvalue weighted by Crippen LogP contribution is 2.14. The molecule has 0 radical (unpaired) electrons.